The number of aldehydes is 1. The van der Waals surface area contributed by atoms with Gasteiger partial charge >= 0.3 is 0 Å². The van der Waals surface area contributed by atoms with Gasteiger partial charge in [-0.05, 0) is 30.7 Å². The van der Waals surface area contributed by atoms with Crippen molar-refractivity contribution in [1.82, 2.24) is 4.57 Å². The average molecular weight is 224 g/mol. The van der Waals surface area contributed by atoms with E-state index in [9.17, 15) is 4.79 Å². The standard InChI is InChI=1S/C14H12N2O/c1-11-6-7-14(10-17)16(11)9-13-5-3-2-4-12(13)8-15/h2-7,10H,9H2,1H3. The molecule has 0 aliphatic carbocycles. The molecule has 2 aromatic rings. The summed E-state index contributed by atoms with van der Waals surface area (Å²) >= 11 is 0. The van der Waals surface area contributed by atoms with Crippen molar-refractivity contribution in [3.8, 4) is 6.07 Å². The molecule has 0 unspecified atom stereocenters. The summed E-state index contributed by atoms with van der Waals surface area (Å²) in [6.45, 7) is 2.50. The Labute approximate surface area is 99.9 Å². The number of benzene rings is 1. The molecule has 2 rings (SSSR count). The molecule has 0 radical (unpaired) electrons. The zero-order chi connectivity index (χ0) is 12.3. The highest BCUT2D eigenvalue weighted by molar-refractivity contribution is 5.72. The fourth-order valence-corrected chi connectivity index (χ4v) is 1.85. The van der Waals surface area contributed by atoms with E-state index in [1.807, 2.05) is 35.8 Å². The Morgan fingerprint density at radius 3 is 2.76 bits per heavy atom. The van der Waals surface area contributed by atoms with Crippen molar-refractivity contribution >= 4 is 6.29 Å². The van der Waals surface area contributed by atoms with E-state index in [0.29, 0.717) is 17.8 Å². The SMILES string of the molecule is Cc1ccc(C=O)n1Cc1ccccc1C#N. The first-order valence-corrected chi connectivity index (χ1v) is 5.35. The molecular weight excluding hydrogens is 212 g/mol. The fourth-order valence-electron chi connectivity index (χ4n) is 1.85. The van der Waals surface area contributed by atoms with Gasteiger partial charge in [-0.2, -0.15) is 5.26 Å². The fraction of sp³-hybridized carbons (Fsp3) is 0.143. The molecule has 17 heavy (non-hydrogen) atoms. The highest BCUT2D eigenvalue weighted by Gasteiger charge is 2.07. The number of aryl methyl sites for hydroxylation is 1. The molecule has 0 atom stereocenters. The minimum Gasteiger partial charge on any atom is -0.338 e. The third-order valence-corrected chi connectivity index (χ3v) is 2.82. The quantitative estimate of drug-likeness (QED) is 0.752. The van der Waals surface area contributed by atoms with Crippen LogP contribution in [0.5, 0.6) is 0 Å². The first-order chi connectivity index (χ1) is 8.26. The van der Waals surface area contributed by atoms with Gasteiger partial charge in [0.1, 0.15) is 0 Å². The molecular formula is C14H12N2O. The largest absolute Gasteiger partial charge is 0.338 e. The topological polar surface area (TPSA) is 45.8 Å². The number of carbonyl (C=O) groups is 1. The molecule has 0 saturated carbocycles. The molecule has 0 N–H and O–H groups in total. The normalized spacial score (nSPS) is 9.88. The number of aromatic nitrogens is 1. The Morgan fingerprint density at radius 2 is 2.06 bits per heavy atom. The first kappa shape index (κ1) is 11.2. The van der Waals surface area contributed by atoms with Gasteiger partial charge in [-0.15, -0.1) is 0 Å². The van der Waals surface area contributed by atoms with Crippen molar-refractivity contribution in [3.63, 3.8) is 0 Å². The van der Waals surface area contributed by atoms with Gasteiger partial charge < -0.3 is 4.57 Å². The summed E-state index contributed by atoms with van der Waals surface area (Å²) in [4.78, 5) is 10.9. The van der Waals surface area contributed by atoms with Crippen LogP contribution in [0.25, 0.3) is 0 Å². The maximum absolute atomic E-state index is 10.9. The molecule has 0 aliphatic rings. The molecule has 84 valence electrons. The highest BCUT2D eigenvalue weighted by Crippen LogP contribution is 2.13. The summed E-state index contributed by atoms with van der Waals surface area (Å²) in [6, 6.07) is 13.3. The van der Waals surface area contributed by atoms with Crippen LogP contribution >= 0.6 is 0 Å². The minimum absolute atomic E-state index is 0.552. The smallest absolute Gasteiger partial charge is 0.166 e. The van der Waals surface area contributed by atoms with Crippen LogP contribution in [-0.4, -0.2) is 10.9 Å². The Kier molecular flexibility index (Phi) is 3.06. The maximum Gasteiger partial charge on any atom is 0.166 e. The van der Waals surface area contributed by atoms with E-state index in [-0.39, 0.29) is 0 Å². The number of carbonyl (C=O) groups excluding carboxylic acids is 1. The molecule has 1 heterocycles. The number of hydrogen-bond acceptors (Lipinski definition) is 2. The molecule has 0 spiro atoms. The zero-order valence-corrected chi connectivity index (χ0v) is 9.55. The van der Waals surface area contributed by atoms with Gasteiger partial charge in [0.25, 0.3) is 0 Å². The van der Waals surface area contributed by atoms with Crippen molar-refractivity contribution in [3.05, 3.63) is 58.9 Å². The summed E-state index contributed by atoms with van der Waals surface area (Å²) in [5.74, 6) is 0. The molecule has 0 amide bonds. The van der Waals surface area contributed by atoms with Crippen LogP contribution in [0.2, 0.25) is 0 Å². The number of hydrogen-bond donors (Lipinski definition) is 0. The van der Waals surface area contributed by atoms with Gasteiger partial charge in [0.15, 0.2) is 6.29 Å². The predicted molar refractivity (Wildman–Crippen MR) is 64.8 cm³/mol. The van der Waals surface area contributed by atoms with Crippen molar-refractivity contribution < 1.29 is 4.79 Å². The number of rotatable bonds is 3. The van der Waals surface area contributed by atoms with E-state index in [1.54, 1.807) is 12.1 Å². The lowest BCUT2D eigenvalue weighted by molar-refractivity contribution is 0.111. The second-order valence-corrected chi connectivity index (χ2v) is 3.87. The van der Waals surface area contributed by atoms with Crippen LogP contribution in [0, 0.1) is 18.3 Å². The van der Waals surface area contributed by atoms with Crippen LogP contribution in [0.4, 0.5) is 0 Å². The van der Waals surface area contributed by atoms with Crippen molar-refractivity contribution in [2.75, 3.05) is 0 Å². The second kappa shape index (κ2) is 4.67. The van der Waals surface area contributed by atoms with E-state index in [0.717, 1.165) is 17.5 Å². The van der Waals surface area contributed by atoms with Crippen LogP contribution < -0.4 is 0 Å². The van der Waals surface area contributed by atoms with Gasteiger partial charge in [0, 0.05) is 12.2 Å². The highest BCUT2D eigenvalue weighted by atomic mass is 16.1. The van der Waals surface area contributed by atoms with Gasteiger partial charge in [0.2, 0.25) is 0 Å². The van der Waals surface area contributed by atoms with Crippen LogP contribution in [0.3, 0.4) is 0 Å². The molecule has 0 aliphatic heterocycles. The van der Waals surface area contributed by atoms with Gasteiger partial charge in [-0.1, -0.05) is 18.2 Å². The lowest BCUT2D eigenvalue weighted by atomic mass is 10.1. The molecule has 0 saturated heterocycles. The van der Waals surface area contributed by atoms with E-state index < -0.39 is 0 Å². The molecule has 3 nitrogen and oxygen atoms in total. The zero-order valence-electron chi connectivity index (χ0n) is 9.55. The monoisotopic (exact) mass is 224 g/mol. The lowest BCUT2D eigenvalue weighted by Crippen LogP contribution is -2.06. The van der Waals surface area contributed by atoms with Crippen LogP contribution in [0.15, 0.2) is 36.4 Å². The first-order valence-electron chi connectivity index (χ1n) is 5.35. The second-order valence-electron chi connectivity index (χ2n) is 3.87. The van der Waals surface area contributed by atoms with E-state index in [1.165, 1.54) is 0 Å². The van der Waals surface area contributed by atoms with Gasteiger partial charge in [0.05, 0.1) is 17.3 Å². The maximum atomic E-state index is 10.9. The molecule has 0 fully saturated rings. The Hall–Kier alpha value is -2.34. The Bertz CT molecular complexity index is 591. The van der Waals surface area contributed by atoms with Gasteiger partial charge in [-0.25, -0.2) is 0 Å². The summed E-state index contributed by atoms with van der Waals surface area (Å²) < 4.78 is 1.91. The summed E-state index contributed by atoms with van der Waals surface area (Å²) in [6.07, 6.45) is 0.835. The van der Waals surface area contributed by atoms with Crippen molar-refractivity contribution in [2.24, 2.45) is 0 Å². The summed E-state index contributed by atoms with van der Waals surface area (Å²) in [7, 11) is 0. The van der Waals surface area contributed by atoms with E-state index >= 15 is 0 Å². The molecule has 1 aromatic carbocycles. The predicted octanol–water partition coefficient (Wildman–Crippen LogP) is 2.53. The average Bonchev–Trinajstić information content (AvgIpc) is 2.71. The van der Waals surface area contributed by atoms with Crippen molar-refractivity contribution in [1.29, 1.82) is 5.26 Å². The summed E-state index contributed by atoms with van der Waals surface area (Å²) in [5, 5.41) is 9.01. The third-order valence-electron chi connectivity index (χ3n) is 2.82. The van der Waals surface area contributed by atoms with E-state index in [4.69, 9.17) is 5.26 Å². The Morgan fingerprint density at radius 1 is 1.29 bits per heavy atom. The lowest BCUT2D eigenvalue weighted by Gasteiger charge is -2.09. The summed E-state index contributed by atoms with van der Waals surface area (Å²) in [5.41, 5.74) is 3.23. The number of nitrogens with zero attached hydrogens (tertiary/aromatic N) is 2. The minimum atomic E-state index is 0.552. The molecule has 1 aromatic heterocycles. The Balaban J connectivity index is 2.41. The third kappa shape index (κ3) is 2.11. The van der Waals surface area contributed by atoms with Gasteiger partial charge in [-0.3, -0.25) is 4.79 Å². The van der Waals surface area contributed by atoms with Crippen LogP contribution in [-0.2, 0) is 6.54 Å². The number of nitriles is 1. The molecule has 0 bridgehead atoms. The van der Waals surface area contributed by atoms with Crippen molar-refractivity contribution in [2.45, 2.75) is 13.5 Å². The van der Waals surface area contributed by atoms with Crippen LogP contribution in [0.1, 0.15) is 27.3 Å². The van der Waals surface area contributed by atoms with E-state index in [2.05, 4.69) is 6.07 Å². The molecule has 3 heteroatoms.